The largest absolute Gasteiger partial charge is 0.462 e. The van der Waals surface area contributed by atoms with Crippen LogP contribution >= 0.6 is 22.9 Å². The molecule has 0 N–H and O–H groups in total. The Morgan fingerprint density at radius 2 is 2.00 bits per heavy atom. The van der Waals surface area contributed by atoms with E-state index in [-0.39, 0.29) is 22.9 Å². The fourth-order valence-electron chi connectivity index (χ4n) is 2.79. The number of thiazole rings is 1. The monoisotopic (exact) mass is 433 g/mol. The summed E-state index contributed by atoms with van der Waals surface area (Å²) < 4.78 is 7.55. The molecule has 8 nitrogen and oxygen atoms in total. The molecule has 0 saturated carbocycles. The number of carbonyl (C=O) groups excluding carboxylic acids is 2. The van der Waals surface area contributed by atoms with E-state index in [9.17, 15) is 19.7 Å². The number of benzene rings is 2. The molecule has 2 aromatic carbocycles. The normalized spacial score (nSPS) is 11.6. The lowest BCUT2D eigenvalue weighted by Gasteiger charge is -2.03. The van der Waals surface area contributed by atoms with Gasteiger partial charge in [-0.15, -0.1) is 0 Å². The number of nitro groups is 1. The Morgan fingerprint density at radius 1 is 1.24 bits per heavy atom. The fourth-order valence-corrected chi connectivity index (χ4v) is 4.10. The summed E-state index contributed by atoms with van der Waals surface area (Å²) in [7, 11) is 0. The van der Waals surface area contributed by atoms with Crippen molar-refractivity contribution in [3.63, 3.8) is 0 Å². The summed E-state index contributed by atoms with van der Waals surface area (Å²) in [5.74, 6) is -1.20. The molecule has 3 aromatic rings. The summed E-state index contributed by atoms with van der Waals surface area (Å²) in [6.45, 7) is 4.40. The first kappa shape index (κ1) is 20.7. The number of aryl methyl sites for hydroxylation is 1. The zero-order chi connectivity index (χ0) is 21.1. The van der Waals surface area contributed by atoms with Gasteiger partial charge in [0.05, 0.1) is 27.3 Å². The van der Waals surface area contributed by atoms with Crippen LogP contribution in [-0.4, -0.2) is 28.0 Å². The molecule has 0 unspecified atom stereocenters. The summed E-state index contributed by atoms with van der Waals surface area (Å²) in [5.41, 5.74) is 0.636. The molecule has 0 fully saturated rings. The predicted octanol–water partition coefficient (Wildman–Crippen LogP) is 4.20. The number of hydrogen-bond donors (Lipinski definition) is 0. The zero-order valence-electron chi connectivity index (χ0n) is 15.5. The highest BCUT2D eigenvalue weighted by Gasteiger charge is 2.21. The third-order valence-electron chi connectivity index (χ3n) is 4.09. The van der Waals surface area contributed by atoms with Gasteiger partial charge in [0.25, 0.3) is 11.6 Å². The highest BCUT2D eigenvalue weighted by Crippen LogP contribution is 2.24. The van der Waals surface area contributed by atoms with Crippen LogP contribution in [0.25, 0.3) is 10.2 Å². The highest BCUT2D eigenvalue weighted by molar-refractivity contribution is 7.16. The molecule has 0 radical (unpaired) electrons. The predicted molar refractivity (Wildman–Crippen MR) is 109 cm³/mol. The average Bonchev–Trinajstić information content (AvgIpc) is 3.03. The number of nitrogens with zero attached hydrogens (tertiary/aromatic N) is 3. The first-order chi connectivity index (χ1) is 13.8. The number of aromatic nitrogens is 1. The topological polar surface area (TPSA) is 104 Å². The number of halogens is 1. The molecule has 0 spiro atoms. The molecule has 0 aliphatic rings. The van der Waals surface area contributed by atoms with Crippen molar-refractivity contribution >= 4 is 50.7 Å². The molecule has 10 heteroatoms. The van der Waals surface area contributed by atoms with Gasteiger partial charge < -0.3 is 9.30 Å². The molecule has 1 amide bonds. The van der Waals surface area contributed by atoms with Crippen LogP contribution in [0.4, 0.5) is 5.69 Å². The highest BCUT2D eigenvalue weighted by atomic mass is 35.5. The molecule has 29 heavy (non-hydrogen) atoms. The van der Waals surface area contributed by atoms with Crippen LogP contribution in [0.15, 0.2) is 41.4 Å². The van der Waals surface area contributed by atoms with Crippen molar-refractivity contribution < 1.29 is 19.2 Å². The van der Waals surface area contributed by atoms with E-state index in [1.165, 1.54) is 29.5 Å². The second kappa shape index (κ2) is 8.54. The van der Waals surface area contributed by atoms with Crippen LogP contribution in [-0.2, 0) is 11.3 Å². The Bertz CT molecular complexity index is 1200. The van der Waals surface area contributed by atoms with Crippen molar-refractivity contribution in [3.8, 4) is 0 Å². The smallest absolute Gasteiger partial charge is 0.338 e. The van der Waals surface area contributed by atoms with Crippen LogP contribution in [0.1, 0.15) is 34.6 Å². The minimum Gasteiger partial charge on any atom is -0.462 e. The minimum atomic E-state index is -0.765. The number of amides is 1. The van der Waals surface area contributed by atoms with Crippen molar-refractivity contribution in [3.05, 3.63) is 67.5 Å². The maximum atomic E-state index is 12.7. The number of esters is 1. The Hall–Kier alpha value is -3.04. The molecule has 0 bridgehead atoms. The minimum absolute atomic E-state index is 0.185. The Kier molecular flexibility index (Phi) is 6.09. The summed E-state index contributed by atoms with van der Waals surface area (Å²) in [6, 6.07) is 8.83. The number of fused-ring (bicyclic) bond motifs is 1. The lowest BCUT2D eigenvalue weighted by Crippen LogP contribution is -2.16. The van der Waals surface area contributed by atoms with Crippen molar-refractivity contribution in [1.29, 1.82) is 0 Å². The molecule has 0 aliphatic heterocycles. The standard InChI is InChI=1S/C19H16ClN3O5S/c1-3-22-15-7-5-11(18(25)28-4-2)9-16(15)29-19(22)21-17(24)13-10-12(20)6-8-14(13)23(26)27/h5-10H,3-4H2,1-2H3. The summed E-state index contributed by atoms with van der Waals surface area (Å²) >= 11 is 7.11. The molecule has 3 rings (SSSR count). The third kappa shape index (κ3) is 4.20. The molecule has 1 heterocycles. The number of rotatable bonds is 5. The summed E-state index contributed by atoms with van der Waals surface area (Å²) in [6.07, 6.45) is 0. The quantitative estimate of drug-likeness (QED) is 0.340. The van der Waals surface area contributed by atoms with Gasteiger partial charge >= 0.3 is 5.97 Å². The molecular weight excluding hydrogens is 418 g/mol. The lowest BCUT2D eigenvalue weighted by atomic mass is 10.2. The van der Waals surface area contributed by atoms with Gasteiger partial charge in [-0.3, -0.25) is 14.9 Å². The van der Waals surface area contributed by atoms with E-state index < -0.39 is 16.8 Å². The summed E-state index contributed by atoms with van der Waals surface area (Å²) in [5, 5.41) is 11.4. The van der Waals surface area contributed by atoms with Crippen molar-refractivity contribution in [2.45, 2.75) is 20.4 Å². The number of nitro benzene ring substituents is 1. The van der Waals surface area contributed by atoms with Crippen LogP contribution in [0, 0.1) is 10.1 Å². The van der Waals surface area contributed by atoms with E-state index in [1.807, 2.05) is 6.92 Å². The van der Waals surface area contributed by atoms with Crippen LogP contribution in [0.5, 0.6) is 0 Å². The third-order valence-corrected chi connectivity index (χ3v) is 5.37. The first-order valence-corrected chi connectivity index (χ1v) is 9.88. The van der Waals surface area contributed by atoms with Gasteiger partial charge in [0.15, 0.2) is 4.80 Å². The molecule has 150 valence electrons. The Balaban J connectivity index is 2.13. The van der Waals surface area contributed by atoms with E-state index in [2.05, 4.69) is 4.99 Å². The van der Waals surface area contributed by atoms with Crippen molar-refractivity contribution in [2.75, 3.05) is 6.61 Å². The SMILES string of the molecule is CCOC(=O)c1ccc2c(c1)sc(=NC(=O)c1cc(Cl)ccc1[N+](=O)[O-])n2CC. The Labute approximate surface area is 174 Å². The molecule has 0 atom stereocenters. The van der Waals surface area contributed by atoms with Gasteiger partial charge in [0, 0.05) is 17.6 Å². The molecule has 1 aromatic heterocycles. The number of hydrogen-bond acceptors (Lipinski definition) is 6. The van der Waals surface area contributed by atoms with Gasteiger partial charge in [-0.25, -0.2) is 4.79 Å². The zero-order valence-corrected chi connectivity index (χ0v) is 17.1. The Morgan fingerprint density at radius 3 is 2.66 bits per heavy atom. The van der Waals surface area contributed by atoms with E-state index >= 15 is 0 Å². The average molecular weight is 434 g/mol. The van der Waals surface area contributed by atoms with Crippen molar-refractivity contribution in [2.24, 2.45) is 4.99 Å². The van der Waals surface area contributed by atoms with E-state index in [1.54, 1.807) is 29.7 Å². The van der Waals surface area contributed by atoms with Gasteiger partial charge in [-0.1, -0.05) is 22.9 Å². The van der Waals surface area contributed by atoms with Crippen LogP contribution < -0.4 is 4.80 Å². The fraction of sp³-hybridized carbons (Fsp3) is 0.211. The molecule has 0 saturated heterocycles. The summed E-state index contributed by atoms with van der Waals surface area (Å²) in [4.78, 5) is 39.7. The maximum absolute atomic E-state index is 12.7. The number of ether oxygens (including phenoxy) is 1. The van der Waals surface area contributed by atoms with Crippen LogP contribution in [0.3, 0.4) is 0 Å². The van der Waals surface area contributed by atoms with E-state index in [0.717, 1.165) is 10.2 Å². The maximum Gasteiger partial charge on any atom is 0.338 e. The van der Waals surface area contributed by atoms with Crippen LogP contribution in [0.2, 0.25) is 5.02 Å². The van der Waals surface area contributed by atoms with Gasteiger partial charge in [0.2, 0.25) is 0 Å². The van der Waals surface area contributed by atoms with Gasteiger partial charge in [-0.2, -0.15) is 4.99 Å². The van der Waals surface area contributed by atoms with Gasteiger partial charge in [0.1, 0.15) is 5.56 Å². The van der Waals surface area contributed by atoms with E-state index in [0.29, 0.717) is 16.9 Å². The van der Waals surface area contributed by atoms with E-state index in [4.69, 9.17) is 16.3 Å². The van der Waals surface area contributed by atoms with Gasteiger partial charge in [-0.05, 0) is 44.2 Å². The second-order valence-electron chi connectivity index (χ2n) is 5.87. The first-order valence-electron chi connectivity index (χ1n) is 8.69. The van der Waals surface area contributed by atoms with Crippen molar-refractivity contribution in [1.82, 2.24) is 4.57 Å². The molecular formula is C19H16ClN3O5S. The second-order valence-corrected chi connectivity index (χ2v) is 7.31. The lowest BCUT2D eigenvalue weighted by molar-refractivity contribution is -0.385. The molecule has 0 aliphatic carbocycles. The number of carbonyl (C=O) groups is 2.